The number of rotatable bonds is 3. The van der Waals surface area contributed by atoms with Gasteiger partial charge in [0.05, 0.1) is 6.61 Å². The Morgan fingerprint density at radius 1 is 1.37 bits per heavy atom. The van der Waals surface area contributed by atoms with Gasteiger partial charge in [0.1, 0.15) is 0 Å². The molecule has 0 fully saturated rings. The number of benzene rings is 1. The molecule has 1 aromatic carbocycles. The molecule has 0 spiro atoms. The largest absolute Gasteiger partial charge is 0.436 e. The normalized spacial score (nSPS) is 14.6. The maximum atomic E-state index is 11.8. The van der Waals surface area contributed by atoms with Crippen molar-refractivity contribution in [2.45, 2.75) is 38.8 Å². The van der Waals surface area contributed by atoms with Crippen LogP contribution in [0.4, 0.5) is 4.79 Å². The first kappa shape index (κ1) is 16.0. The van der Waals surface area contributed by atoms with Gasteiger partial charge in [-0.2, -0.15) is 0 Å². The quantitative estimate of drug-likeness (QED) is 0.895. The van der Waals surface area contributed by atoms with E-state index in [1.807, 2.05) is 45.0 Å². The van der Waals surface area contributed by atoms with E-state index in [0.717, 1.165) is 10.0 Å². The van der Waals surface area contributed by atoms with E-state index in [0.29, 0.717) is 0 Å². The summed E-state index contributed by atoms with van der Waals surface area (Å²) in [6.07, 6.45) is -0.552. The van der Waals surface area contributed by atoms with E-state index in [9.17, 15) is 9.90 Å². The molecule has 0 saturated heterocycles. The van der Waals surface area contributed by atoms with Crippen molar-refractivity contribution in [3.63, 3.8) is 0 Å². The Morgan fingerprint density at radius 3 is 2.47 bits per heavy atom. The lowest BCUT2D eigenvalue weighted by Gasteiger charge is -2.30. The van der Waals surface area contributed by atoms with Gasteiger partial charge in [0, 0.05) is 10.0 Å². The first-order valence-corrected chi connectivity index (χ1v) is 6.84. The second-order valence-electron chi connectivity index (χ2n) is 5.66. The SMILES string of the molecule is CC(C)(C)NC(=O)OC(C)(CO)c1cccc(Br)c1. The zero-order chi connectivity index (χ0) is 14.7. The first-order chi connectivity index (χ1) is 8.66. The number of nitrogens with one attached hydrogen (secondary N) is 1. The van der Waals surface area contributed by atoms with Gasteiger partial charge >= 0.3 is 6.09 Å². The number of carbonyl (C=O) groups excluding carboxylic acids is 1. The molecule has 0 aliphatic heterocycles. The first-order valence-electron chi connectivity index (χ1n) is 6.04. The molecule has 0 aromatic heterocycles. The number of alkyl carbamates (subject to hydrolysis) is 1. The molecule has 4 nitrogen and oxygen atoms in total. The third-order valence-electron chi connectivity index (χ3n) is 2.53. The van der Waals surface area contributed by atoms with Gasteiger partial charge in [-0.3, -0.25) is 0 Å². The van der Waals surface area contributed by atoms with E-state index in [1.54, 1.807) is 6.92 Å². The molecular formula is C14H20BrNO3. The fraction of sp³-hybridized carbons (Fsp3) is 0.500. The minimum atomic E-state index is -1.07. The molecule has 0 radical (unpaired) electrons. The van der Waals surface area contributed by atoms with Gasteiger partial charge in [0.15, 0.2) is 5.60 Å². The van der Waals surface area contributed by atoms with Gasteiger partial charge in [-0.05, 0) is 45.4 Å². The molecule has 0 bridgehead atoms. The van der Waals surface area contributed by atoms with Crippen LogP contribution in [-0.4, -0.2) is 23.3 Å². The second-order valence-corrected chi connectivity index (χ2v) is 6.58. The topological polar surface area (TPSA) is 58.6 Å². The van der Waals surface area contributed by atoms with Crippen LogP contribution in [0.3, 0.4) is 0 Å². The number of hydrogen-bond acceptors (Lipinski definition) is 3. The molecule has 1 aromatic rings. The summed E-state index contributed by atoms with van der Waals surface area (Å²) in [4.78, 5) is 11.8. The third-order valence-corrected chi connectivity index (χ3v) is 3.03. The predicted molar refractivity (Wildman–Crippen MR) is 77.9 cm³/mol. The van der Waals surface area contributed by atoms with E-state index in [4.69, 9.17) is 4.74 Å². The monoisotopic (exact) mass is 329 g/mol. The van der Waals surface area contributed by atoms with Crippen LogP contribution in [0.15, 0.2) is 28.7 Å². The number of amides is 1. The van der Waals surface area contributed by atoms with Crippen molar-refractivity contribution in [2.75, 3.05) is 6.61 Å². The van der Waals surface area contributed by atoms with Crippen LogP contribution in [0.1, 0.15) is 33.3 Å². The second kappa shape index (κ2) is 5.92. The summed E-state index contributed by atoms with van der Waals surface area (Å²) in [6.45, 7) is 6.98. The van der Waals surface area contributed by atoms with E-state index < -0.39 is 11.7 Å². The summed E-state index contributed by atoms with van der Waals surface area (Å²) < 4.78 is 6.25. The summed E-state index contributed by atoms with van der Waals surface area (Å²) >= 11 is 3.36. The number of halogens is 1. The van der Waals surface area contributed by atoms with Gasteiger partial charge in [-0.15, -0.1) is 0 Å². The van der Waals surface area contributed by atoms with Gasteiger partial charge in [-0.25, -0.2) is 4.79 Å². The van der Waals surface area contributed by atoms with E-state index >= 15 is 0 Å². The third kappa shape index (κ3) is 4.84. The Bertz CT molecular complexity index is 456. The lowest BCUT2D eigenvalue weighted by atomic mass is 9.97. The molecule has 1 rings (SSSR count). The molecule has 0 heterocycles. The zero-order valence-corrected chi connectivity index (χ0v) is 13.2. The van der Waals surface area contributed by atoms with Gasteiger partial charge < -0.3 is 15.2 Å². The van der Waals surface area contributed by atoms with Crippen LogP contribution < -0.4 is 5.32 Å². The molecule has 1 atom stereocenters. The fourth-order valence-electron chi connectivity index (χ4n) is 1.54. The Kier molecular flexibility index (Phi) is 4.98. The highest BCUT2D eigenvalue weighted by Gasteiger charge is 2.31. The van der Waals surface area contributed by atoms with Crippen molar-refractivity contribution in [2.24, 2.45) is 0 Å². The zero-order valence-electron chi connectivity index (χ0n) is 11.7. The molecule has 0 saturated carbocycles. The number of hydrogen-bond donors (Lipinski definition) is 2. The molecular weight excluding hydrogens is 310 g/mol. The van der Waals surface area contributed by atoms with Crippen LogP contribution in [0.5, 0.6) is 0 Å². The Hall–Kier alpha value is -1.07. The molecule has 1 unspecified atom stereocenters. The van der Waals surface area contributed by atoms with Crippen LogP contribution >= 0.6 is 15.9 Å². The summed E-state index contributed by atoms with van der Waals surface area (Å²) in [6, 6.07) is 7.33. The van der Waals surface area contributed by atoms with E-state index in [1.165, 1.54) is 0 Å². The van der Waals surface area contributed by atoms with Crippen molar-refractivity contribution in [1.82, 2.24) is 5.32 Å². The van der Waals surface area contributed by atoms with Gasteiger partial charge in [0.2, 0.25) is 0 Å². The van der Waals surface area contributed by atoms with Crippen molar-refractivity contribution < 1.29 is 14.6 Å². The van der Waals surface area contributed by atoms with Crippen molar-refractivity contribution in [3.8, 4) is 0 Å². The fourth-order valence-corrected chi connectivity index (χ4v) is 1.94. The minimum Gasteiger partial charge on any atom is -0.436 e. The number of aliphatic hydroxyl groups is 1. The maximum Gasteiger partial charge on any atom is 0.408 e. The summed E-state index contributed by atoms with van der Waals surface area (Å²) in [7, 11) is 0. The van der Waals surface area contributed by atoms with E-state index in [-0.39, 0.29) is 12.1 Å². The van der Waals surface area contributed by atoms with Gasteiger partial charge in [0.25, 0.3) is 0 Å². The molecule has 19 heavy (non-hydrogen) atoms. The minimum absolute atomic E-state index is 0.291. The Labute approximate surface area is 122 Å². The smallest absolute Gasteiger partial charge is 0.408 e. The highest BCUT2D eigenvalue weighted by Crippen LogP contribution is 2.27. The summed E-state index contributed by atoms with van der Waals surface area (Å²) in [5.41, 5.74) is -0.724. The van der Waals surface area contributed by atoms with Crippen molar-refractivity contribution >= 4 is 22.0 Å². The number of carbonyl (C=O) groups is 1. The molecule has 0 aliphatic carbocycles. The standard InChI is InChI=1S/C14H20BrNO3/c1-13(2,3)16-12(18)19-14(4,9-17)10-6-5-7-11(15)8-10/h5-8,17H,9H2,1-4H3,(H,16,18). The lowest BCUT2D eigenvalue weighted by Crippen LogP contribution is -2.45. The maximum absolute atomic E-state index is 11.8. The predicted octanol–water partition coefficient (Wildman–Crippen LogP) is 3.18. The van der Waals surface area contributed by atoms with E-state index in [2.05, 4.69) is 21.2 Å². The van der Waals surface area contributed by atoms with Crippen LogP contribution in [-0.2, 0) is 10.3 Å². The molecule has 106 valence electrons. The average Bonchev–Trinajstić information content (AvgIpc) is 2.26. The summed E-state index contributed by atoms with van der Waals surface area (Å²) in [5, 5.41) is 12.3. The van der Waals surface area contributed by atoms with Gasteiger partial charge in [-0.1, -0.05) is 28.1 Å². The molecule has 5 heteroatoms. The highest BCUT2D eigenvalue weighted by atomic mass is 79.9. The number of ether oxygens (including phenoxy) is 1. The van der Waals surface area contributed by atoms with Crippen LogP contribution in [0.25, 0.3) is 0 Å². The molecule has 1 amide bonds. The van der Waals surface area contributed by atoms with Crippen molar-refractivity contribution in [3.05, 3.63) is 34.3 Å². The summed E-state index contributed by atoms with van der Waals surface area (Å²) in [5.74, 6) is 0. The van der Waals surface area contributed by atoms with Crippen molar-refractivity contribution in [1.29, 1.82) is 0 Å². The van der Waals surface area contributed by atoms with Crippen LogP contribution in [0.2, 0.25) is 0 Å². The van der Waals surface area contributed by atoms with Crippen LogP contribution in [0, 0.1) is 0 Å². The molecule has 0 aliphatic rings. The Balaban J connectivity index is 2.90. The Morgan fingerprint density at radius 2 is 2.00 bits per heavy atom. The highest BCUT2D eigenvalue weighted by molar-refractivity contribution is 9.10. The average molecular weight is 330 g/mol. The molecule has 2 N–H and O–H groups in total. The number of aliphatic hydroxyl groups excluding tert-OH is 1. The lowest BCUT2D eigenvalue weighted by molar-refractivity contribution is -0.0233.